The van der Waals surface area contributed by atoms with E-state index in [4.69, 9.17) is 10.5 Å². The topological polar surface area (TPSA) is 52.3 Å². The van der Waals surface area contributed by atoms with Crippen LogP contribution in [0.3, 0.4) is 0 Å². The van der Waals surface area contributed by atoms with E-state index in [1.54, 1.807) is 36.4 Å². The average molecular weight is 413 g/mol. The lowest BCUT2D eigenvalue weighted by Gasteiger charge is -2.10. The van der Waals surface area contributed by atoms with E-state index < -0.39 is 0 Å². The first-order valence-corrected chi connectivity index (χ1v) is 8.14. The van der Waals surface area contributed by atoms with E-state index in [2.05, 4.69) is 31.9 Å². The maximum atomic E-state index is 12.5. The summed E-state index contributed by atoms with van der Waals surface area (Å²) in [5, 5.41) is 0. The highest BCUT2D eigenvalue weighted by Gasteiger charge is 2.15. The summed E-state index contributed by atoms with van der Waals surface area (Å²) in [5.74, 6) is 0.650. The fourth-order valence-electron chi connectivity index (χ4n) is 1.85. The predicted molar refractivity (Wildman–Crippen MR) is 91.9 cm³/mol. The molecule has 21 heavy (non-hydrogen) atoms. The molecule has 0 aliphatic rings. The highest BCUT2D eigenvalue weighted by molar-refractivity contribution is 9.11. The molecule has 0 unspecified atom stereocenters. The highest BCUT2D eigenvalue weighted by Crippen LogP contribution is 2.30. The van der Waals surface area contributed by atoms with Gasteiger partial charge in [-0.05, 0) is 68.6 Å². The number of ketones is 1. The van der Waals surface area contributed by atoms with Crippen molar-refractivity contribution < 1.29 is 9.53 Å². The Labute approximate surface area is 140 Å². The summed E-state index contributed by atoms with van der Waals surface area (Å²) in [7, 11) is 0. The number of rotatable bonds is 5. The number of carbonyl (C=O) groups is 1. The van der Waals surface area contributed by atoms with Crippen molar-refractivity contribution in [2.24, 2.45) is 0 Å². The SMILES string of the molecule is CCCOc1ccc(C(=O)c2cccc(N)c2Br)cc1Br. The van der Waals surface area contributed by atoms with Gasteiger partial charge in [0.25, 0.3) is 0 Å². The molecule has 2 rings (SSSR count). The Kier molecular flexibility index (Phi) is 5.42. The summed E-state index contributed by atoms with van der Waals surface area (Å²) in [4.78, 5) is 12.5. The minimum Gasteiger partial charge on any atom is -0.492 e. The highest BCUT2D eigenvalue weighted by atomic mass is 79.9. The summed E-state index contributed by atoms with van der Waals surface area (Å²) >= 11 is 6.80. The van der Waals surface area contributed by atoms with E-state index in [0.717, 1.165) is 16.6 Å². The van der Waals surface area contributed by atoms with E-state index in [1.165, 1.54) is 0 Å². The maximum Gasteiger partial charge on any atom is 0.194 e. The molecule has 5 heteroatoms. The van der Waals surface area contributed by atoms with E-state index in [9.17, 15) is 4.79 Å². The van der Waals surface area contributed by atoms with Crippen molar-refractivity contribution in [3.63, 3.8) is 0 Å². The van der Waals surface area contributed by atoms with Crippen molar-refractivity contribution in [1.29, 1.82) is 0 Å². The maximum absolute atomic E-state index is 12.5. The number of carbonyl (C=O) groups excluding carboxylic acids is 1. The molecule has 0 aromatic heterocycles. The Balaban J connectivity index is 2.32. The molecule has 0 heterocycles. The summed E-state index contributed by atoms with van der Waals surface area (Å²) < 4.78 is 6.97. The Hall–Kier alpha value is -1.33. The van der Waals surface area contributed by atoms with Gasteiger partial charge < -0.3 is 10.5 Å². The molecule has 0 aliphatic heterocycles. The van der Waals surface area contributed by atoms with Gasteiger partial charge in [0.2, 0.25) is 0 Å². The number of anilines is 1. The molecule has 0 fully saturated rings. The third kappa shape index (κ3) is 3.66. The molecule has 0 bridgehead atoms. The molecular formula is C16H15Br2NO2. The van der Waals surface area contributed by atoms with Crippen LogP contribution in [0.25, 0.3) is 0 Å². The van der Waals surface area contributed by atoms with E-state index in [0.29, 0.717) is 27.9 Å². The van der Waals surface area contributed by atoms with Gasteiger partial charge in [-0.15, -0.1) is 0 Å². The smallest absolute Gasteiger partial charge is 0.194 e. The Morgan fingerprint density at radius 1 is 1.24 bits per heavy atom. The van der Waals surface area contributed by atoms with Gasteiger partial charge in [0, 0.05) is 16.8 Å². The Bertz CT molecular complexity index is 671. The second-order valence-corrected chi connectivity index (χ2v) is 6.18. The van der Waals surface area contributed by atoms with Gasteiger partial charge in [-0.2, -0.15) is 0 Å². The summed E-state index contributed by atoms with van der Waals surface area (Å²) in [5.41, 5.74) is 7.49. The predicted octanol–water partition coefficient (Wildman–Crippen LogP) is 4.81. The molecule has 0 aliphatic carbocycles. The fourth-order valence-corrected chi connectivity index (χ4v) is 2.79. The van der Waals surface area contributed by atoms with Crippen molar-refractivity contribution in [3.05, 3.63) is 56.5 Å². The molecule has 0 saturated carbocycles. The number of hydrogen-bond donors (Lipinski definition) is 1. The van der Waals surface area contributed by atoms with Crippen molar-refractivity contribution in [2.45, 2.75) is 13.3 Å². The van der Waals surface area contributed by atoms with Crippen molar-refractivity contribution in [3.8, 4) is 5.75 Å². The van der Waals surface area contributed by atoms with Gasteiger partial charge in [0.05, 0.1) is 15.6 Å². The first kappa shape index (κ1) is 16.0. The fraction of sp³-hybridized carbons (Fsp3) is 0.188. The van der Waals surface area contributed by atoms with Crippen LogP contribution in [0.5, 0.6) is 5.75 Å². The minimum atomic E-state index is -0.0862. The molecule has 110 valence electrons. The number of benzene rings is 2. The standard InChI is InChI=1S/C16H15Br2NO2/c1-2-8-21-14-7-6-10(9-12(14)17)16(20)11-4-3-5-13(19)15(11)18/h3-7,9H,2,8,19H2,1H3. The first-order chi connectivity index (χ1) is 10.0. The molecule has 0 atom stereocenters. The van der Waals surface area contributed by atoms with E-state index in [-0.39, 0.29) is 5.78 Å². The third-order valence-corrected chi connectivity index (χ3v) is 4.43. The van der Waals surface area contributed by atoms with Gasteiger partial charge in [0.1, 0.15) is 5.75 Å². The molecule has 0 radical (unpaired) electrons. The lowest BCUT2D eigenvalue weighted by molar-refractivity contribution is 0.103. The Morgan fingerprint density at radius 2 is 2.00 bits per heavy atom. The van der Waals surface area contributed by atoms with Crippen LogP contribution in [0.2, 0.25) is 0 Å². The zero-order valence-electron chi connectivity index (χ0n) is 11.5. The summed E-state index contributed by atoms with van der Waals surface area (Å²) in [6.45, 7) is 2.69. The summed E-state index contributed by atoms with van der Waals surface area (Å²) in [6.07, 6.45) is 0.934. The number of ether oxygens (including phenoxy) is 1. The zero-order valence-corrected chi connectivity index (χ0v) is 14.7. The van der Waals surface area contributed by atoms with Crippen LogP contribution in [0.1, 0.15) is 29.3 Å². The molecule has 2 N–H and O–H groups in total. The number of halogens is 2. The van der Waals surface area contributed by atoms with Crippen molar-refractivity contribution in [2.75, 3.05) is 12.3 Å². The van der Waals surface area contributed by atoms with Crippen LogP contribution in [-0.2, 0) is 0 Å². The van der Waals surface area contributed by atoms with Crippen LogP contribution < -0.4 is 10.5 Å². The molecular weight excluding hydrogens is 398 g/mol. The number of hydrogen-bond acceptors (Lipinski definition) is 3. The van der Waals surface area contributed by atoms with Gasteiger partial charge in [0.15, 0.2) is 5.78 Å². The Morgan fingerprint density at radius 3 is 2.67 bits per heavy atom. The van der Waals surface area contributed by atoms with Gasteiger partial charge in [-0.3, -0.25) is 4.79 Å². The lowest BCUT2D eigenvalue weighted by Crippen LogP contribution is -2.04. The quantitative estimate of drug-likeness (QED) is 0.566. The second kappa shape index (κ2) is 7.09. The minimum absolute atomic E-state index is 0.0862. The van der Waals surface area contributed by atoms with E-state index in [1.807, 2.05) is 6.92 Å². The molecule has 0 saturated heterocycles. The lowest BCUT2D eigenvalue weighted by atomic mass is 10.0. The van der Waals surface area contributed by atoms with Crippen molar-refractivity contribution in [1.82, 2.24) is 0 Å². The number of nitrogens with two attached hydrogens (primary N) is 1. The first-order valence-electron chi connectivity index (χ1n) is 6.55. The number of nitrogen functional groups attached to an aromatic ring is 1. The molecule has 2 aromatic carbocycles. The van der Waals surface area contributed by atoms with E-state index >= 15 is 0 Å². The monoisotopic (exact) mass is 411 g/mol. The van der Waals surface area contributed by atoms with Gasteiger partial charge in [-0.1, -0.05) is 13.0 Å². The third-order valence-electron chi connectivity index (χ3n) is 2.93. The van der Waals surface area contributed by atoms with Gasteiger partial charge in [-0.25, -0.2) is 0 Å². The average Bonchev–Trinajstić information content (AvgIpc) is 2.48. The second-order valence-electron chi connectivity index (χ2n) is 4.53. The molecule has 0 amide bonds. The van der Waals surface area contributed by atoms with Crippen molar-refractivity contribution >= 4 is 43.3 Å². The molecule has 2 aromatic rings. The normalized spacial score (nSPS) is 10.4. The summed E-state index contributed by atoms with van der Waals surface area (Å²) in [6, 6.07) is 10.6. The molecule has 0 spiro atoms. The molecule has 3 nitrogen and oxygen atoms in total. The van der Waals surface area contributed by atoms with Crippen LogP contribution in [0, 0.1) is 0 Å². The largest absolute Gasteiger partial charge is 0.492 e. The van der Waals surface area contributed by atoms with Crippen LogP contribution >= 0.6 is 31.9 Å². The van der Waals surface area contributed by atoms with Crippen LogP contribution in [0.15, 0.2) is 45.3 Å². The van der Waals surface area contributed by atoms with Gasteiger partial charge >= 0.3 is 0 Å². The van der Waals surface area contributed by atoms with Crippen LogP contribution in [0.4, 0.5) is 5.69 Å². The zero-order chi connectivity index (χ0) is 15.4. The van der Waals surface area contributed by atoms with Crippen LogP contribution in [-0.4, -0.2) is 12.4 Å².